The van der Waals surface area contributed by atoms with Crippen LogP contribution in [0.25, 0.3) is 0 Å². The van der Waals surface area contributed by atoms with Gasteiger partial charge in [0.05, 0.1) is 10.9 Å². The van der Waals surface area contributed by atoms with Gasteiger partial charge in [0.15, 0.2) is 0 Å². The van der Waals surface area contributed by atoms with Gasteiger partial charge in [0.2, 0.25) is 5.88 Å². The molecular formula is C26H26F3N3O3S. The number of aryl methyl sites for hydroxylation is 1. The Hall–Kier alpha value is -3.11. The molecule has 2 unspecified atom stereocenters. The van der Waals surface area contributed by atoms with Crippen molar-refractivity contribution in [2.24, 2.45) is 17.8 Å². The summed E-state index contributed by atoms with van der Waals surface area (Å²) in [7, 11) is 0. The normalized spacial score (nSPS) is 21.2. The van der Waals surface area contributed by atoms with Crippen LogP contribution in [-0.2, 0) is 13.1 Å². The summed E-state index contributed by atoms with van der Waals surface area (Å²) in [4.78, 5) is 21.0. The van der Waals surface area contributed by atoms with E-state index < -0.39 is 12.5 Å². The molecule has 36 heavy (non-hydrogen) atoms. The maximum absolute atomic E-state index is 13.0. The van der Waals surface area contributed by atoms with Crippen molar-refractivity contribution in [3.8, 4) is 11.6 Å². The van der Waals surface area contributed by atoms with Gasteiger partial charge in [0.1, 0.15) is 5.75 Å². The number of alkyl halides is 3. The Morgan fingerprint density at radius 1 is 1.14 bits per heavy atom. The number of hydrogen-bond donors (Lipinski definition) is 0. The fraction of sp³-hybridized carbons (Fsp3) is 0.385. The molecule has 0 N–H and O–H groups in total. The Morgan fingerprint density at radius 3 is 2.58 bits per heavy atom. The maximum Gasteiger partial charge on any atom is 0.573 e. The second-order valence-corrected chi connectivity index (χ2v) is 10.2. The number of aromatic nitrogens is 1. The number of carbonyl (C=O) groups excluding carboxylic acids is 1. The molecule has 2 aromatic carbocycles. The molecule has 6 nitrogen and oxygen atoms in total. The number of amides is 1. The molecule has 2 aliphatic rings. The molecule has 5 rings (SSSR count). The van der Waals surface area contributed by atoms with Gasteiger partial charge < -0.3 is 14.4 Å². The molecule has 1 amide bonds. The van der Waals surface area contributed by atoms with Crippen LogP contribution in [0, 0.1) is 24.7 Å². The zero-order valence-electron chi connectivity index (χ0n) is 19.6. The highest BCUT2D eigenvalue weighted by atomic mass is 32.1. The Morgan fingerprint density at radius 2 is 1.89 bits per heavy atom. The van der Waals surface area contributed by atoms with E-state index in [-0.39, 0.29) is 18.2 Å². The highest BCUT2D eigenvalue weighted by Crippen LogP contribution is 2.52. The monoisotopic (exact) mass is 517 g/mol. The van der Waals surface area contributed by atoms with Crippen LogP contribution in [0.4, 0.5) is 18.0 Å². The van der Waals surface area contributed by atoms with Crippen LogP contribution in [0.15, 0.2) is 59.4 Å². The Balaban J connectivity index is 1.23. The fourth-order valence-electron chi connectivity index (χ4n) is 5.13. The van der Waals surface area contributed by atoms with E-state index in [9.17, 15) is 18.0 Å². The maximum atomic E-state index is 13.0. The van der Waals surface area contributed by atoms with E-state index in [2.05, 4.69) is 45.8 Å². The molecule has 2 fully saturated rings. The Labute approximate surface area is 211 Å². The molecule has 1 saturated heterocycles. The highest BCUT2D eigenvalue weighted by Gasteiger charge is 2.56. The third-order valence-electron chi connectivity index (χ3n) is 6.73. The zero-order chi connectivity index (χ0) is 25.3. The molecule has 0 radical (unpaired) electrons. The van der Waals surface area contributed by atoms with Crippen LogP contribution in [0.2, 0.25) is 0 Å². The molecule has 2 heterocycles. The highest BCUT2D eigenvalue weighted by molar-refractivity contribution is 7.07. The van der Waals surface area contributed by atoms with Gasteiger partial charge >= 0.3 is 12.5 Å². The summed E-state index contributed by atoms with van der Waals surface area (Å²) in [5.74, 6) is 1.21. The number of nitrogens with zero attached hydrogens (tertiary/aromatic N) is 3. The number of piperidine rings is 1. The van der Waals surface area contributed by atoms with Crippen molar-refractivity contribution in [2.75, 3.05) is 19.6 Å². The Bertz CT molecular complexity index is 1190. The van der Waals surface area contributed by atoms with Crippen LogP contribution in [-0.4, -0.2) is 46.9 Å². The largest absolute Gasteiger partial charge is 0.573 e. The summed E-state index contributed by atoms with van der Waals surface area (Å²) >= 11 is 1.31. The predicted octanol–water partition coefficient (Wildman–Crippen LogP) is 5.73. The summed E-state index contributed by atoms with van der Waals surface area (Å²) in [5.41, 5.74) is 4.63. The van der Waals surface area contributed by atoms with Crippen LogP contribution in [0.1, 0.15) is 16.7 Å². The van der Waals surface area contributed by atoms with Gasteiger partial charge in [-0.05, 0) is 47.9 Å². The van der Waals surface area contributed by atoms with Gasteiger partial charge in [0, 0.05) is 32.7 Å². The van der Waals surface area contributed by atoms with Crippen molar-refractivity contribution in [1.82, 2.24) is 14.8 Å². The average Bonchev–Trinajstić information content (AvgIpc) is 3.16. The predicted molar refractivity (Wildman–Crippen MR) is 129 cm³/mol. The lowest BCUT2D eigenvalue weighted by Crippen LogP contribution is -2.36. The minimum atomic E-state index is -4.78. The Kier molecular flexibility index (Phi) is 6.90. The first-order valence-corrected chi connectivity index (χ1v) is 12.7. The van der Waals surface area contributed by atoms with Crippen molar-refractivity contribution >= 4 is 17.4 Å². The summed E-state index contributed by atoms with van der Waals surface area (Å²) < 4.78 is 47.4. The van der Waals surface area contributed by atoms with Gasteiger partial charge in [-0.3, -0.25) is 4.90 Å². The fourth-order valence-corrected chi connectivity index (χ4v) is 5.58. The average molecular weight is 518 g/mol. The smallest absolute Gasteiger partial charge is 0.406 e. The number of likely N-dealkylation sites (tertiary alicyclic amines) is 1. The molecule has 1 aromatic heterocycles. The molecular weight excluding hydrogens is 491 g/mol. The van der Waals surface area contributed by atoms with Crippen molar-refractivity contribution in [2.45, 2.75) is 26.4 Å². The molecule has 2 atom stereocenters. The lowest BCUT2D eigenvalue weighted by molar-refractivity contribution is -0.274. The lowest BCUT2D eigenvalue weighted by atomic mass is 10.1. The van der Waals surface area contributed by atoms with E-state index in [0.717, 1.165) is 19.6 Å². The SMILES string of the molecule is Cc1cccc(CN2CC3C(C2)C3CN(Cc2cccc(OC(F)(F)F)c2)C(=O)Oc2cscn2)c1. The van der Waals surface area contributed by atoms with Gasteiger partial charge in [0.25, 0.3) is 0 Å². The summed E-state index contributed by atoms with van der Waals surface area (Å²) in [5, 5.41) is 1.63. The van der Waals surface area contributed by atoms with E-state index in [0.29, 0.717) is 29.9 Å². The first kappa shape index (κ1) is 24.6. The zero-order valence-corrected chi connectivity index (χ0v) is 20.5. The van der Waals surface area contributed by atoms with Crippen molar-refractivity contribution in [1.29, 1.82) is 0 Å². The van der Waals surface area contributed by atoms with E-state index in [1.807, 2.05) is 0 Å². The van der Waals surface area contributed by atoms with E-state index in [4.69, 9.17) is 4.74 Å². The van der Waals surface area contributed by atoms with Crippen LogP contribution >= 0.6 is 11.3 Å². The lowest BCUT2D eigenvalue weighted by Gasteiger charge is -2.25. The summed E-state index contributed by atoms with van der Waals surface area (Å²) in [6, 6.07) is 14.2. The molecule has 0 bridgehead atoms. The van der Waals surface area contributed by atoms with Crippen LogP contribution in [0.3, 0.4) is 0 Å². The van der Waals surface area contributed by atoms with Crippen molar-refractivity contribution in [3.63, 3.8) is 0 Å². The molecule has 3 aromatic rings. The van der Waals surface area contributed by atoms with Gasteiger partial charge in [-0.15, -0.1) is 24.5 Å². The molecule has 10 heteroatoms. The number of fused-ring (bicyclic) bond motifs is 1. The minimum absolute atomic E-state index is 0.112. The minimum Gasteiger partial charge on any atom is -0.406 e. The first-order valence-electron chi connectivity index (χ1n) is 11.7. The molecule has 190 valence electrons. The molecule has 0 spiro atoms. The topological polar surface area (TPSA) is 54.9 Å². The quantitative estimate of drug-likeness (QED) is 0.382. The van der Waals surface area contributed by atoms with Gasteiger partial charge in [-0.1, -0.05) is 42.0 Å². The second-order valence-electron chi connectivity index (χ2n) is 9.45. The van der Waals surface area contributed by atoms with Crippen molar-refractivity contribution in [3.05, 3.63) is 76.1 Å². The van der Waals surface area contributed by atoms with Crippen molar-refractivity contribution < 1.29 is 27.4 Å². The third kappa shape index (κ3) is 6.17. The number of benzene rings is 2. The first-order chi connectivity index (χ1) is 17.2. The van der Waals surface area contributed by atoms with E-state index in [1.54, 1.807) is 21.9 Å². The number of hydrogen-bond acceptors (Lipinski definition) is 6. The third-order valence-corrected chi connectivity index (χ3v) is 7.30. The number of carbonyl (C=O) groups is 1. The van der Waals surface area contributed by atoms with Crippen LogP contribution < -0.4 is 9.47 Å². The summed E-state index contributed by atoms with van der Waals surface area (Å²) in [6.45, 7) is 5.51. The summed E-state index contributed by atoms with van der Waals surface area (Å²) in [6.07, 6.45) is -5.35. The van der Waals surface area contributed by atoms with E-state index in [1.165, 1.54) is 40.7 Å². The van der Waals surface area contributed by atoms with Gasteiger partial charge in [-0.25, -0.2) is 9.78 Å². The number of ether oxygens (including phenoxy) is 2. The van der Waals surface area contributed by atoms with E-state index >= 15 is 0 Å². The second kappa shape index (κ2) is 10.1. The van der Waals surface area contributed by atoms with Crippen LogP contribution in [0.5, 0.6) is 11.6 Å². The molecule has 1 saturated carbocycles. The van der Waals surface area contributed by atoms with Gasteiger partial charge in [-0.2, -0.15) is 0 Å². The number of halogens is 3. The number of rotatable bonds is 8. The molecule has 1 aliphatic heterocycles. The number of thiazole rings is 1. The molecule has 1 aliphatic carbocycles. The standard InChI is InChI=1S/C26H26F3N3O3S/c1-17-4-2-5-18(8-17)10-31-12-21-22(13-31)23(21)14-32(25(33)34-24-15-36-16-30-24)11-19-6-3-7-20(9-19)35-26(27,28)29/h2-9,15-16,21-23H,10-14H2,1H3.